The summed E-state index contributed by atoms with van der Waals surface area (Å²) in [6.07, 6.45) is 11.2. The molecule has 7 atom stereocenters. The van der Waals surface area contributed by atoms with Crippen molar-refractivity contribution in [3.63, 3.8) is 0 Å². The Labute approximate surface area is 187 Å². The third kappa shape index (κ3) is 3.27. The number of allylic oxidation sites excluding steroid dienone is 3. The maximum Gasteiger partial charge on any atom is 0.303 e. The van der Waals surface area contributed by atoms with E-state index in [1.807, 2.05) is 0 Å². The van der Waals surface area contributed by atoms with Gasteiger partial charge in [-0.3, -0.25) is 9.59 Å². The highest BCUT2D eigenvalue weighted by Crippen LogP contribution is 2.68. The largest absolute Gasteiger partial charge is 0.451 e. The Morgan fingerprint density at radius 3 is 2.29 bits per heavy atom. The molecule has 2 fully saturated rings. The van der Waals surface area contributed by atoms with Gasteiger partial charge in [0.25, 0.3) is 0 Å². The van der Waals surface area contributed by atoms with E-state index in [0.717, 1.165) is 32.1 Å². The van der Waals surface area contributed by atoms with E-state index in [0.29, 0.717) is 24.2 Å². The highest BCUT2D eigenvalue weighted by atomic mass is 16.6. The highest BCUT2D eigenvalue weighted by Gasteiger charge is 2.67. The summed E-state index contributed by atoms with van der Waals surface area (Å²) in [5.41, 5.74) is 1.75. The van der Waals surface area contributed by atoms with Crippen LogP contribution in [0.25, 0.3) is 0 Å². The maximum atomic E-state index is 12.9. The van der Waals surface area contributed by atoms with Gasteiger partial charge in [0.2, 0.25) is 0 Å². The van der Waals surface area contributed by atoms with Gasteiger partial charge in [-0.25, -0.2) is 0 Å². The van der Waals surface area contributed by atoms with Crippen LogP contribution in [-0.4, -0.2) is 29.6 Å². The zero-order chi connectivity index (χ0) is 22.8. The Balaban J connectivity index is 1.72. The molecule has 2 saturated carbocycles. The standard InChI is InChI=1S/C27H40O4/c1-16(2)30-20-8-11-25(6)22-9-12-26(7)23(21(22)14-17(3)24(25)15-20)10-13-27(26,18(4)28)31-19(5)29/h14-16,20-23H,8-13H2,1-7H3/t20-,21-,22+,23-,25-,26+,27+/m1/s1. The second-order valence-electron chi connectivity index (χ2n) is 11.4. The number of hydrogen-bond donors (Lipinski definition) is 0. The van der Waals surface area contributed by atoms with E-state index in [1.54, 1.807) is 6.92 Å². The highest BCUT2D eigenvalue weighted by molar-refractivity contribution is 5.89. The molecule has 172 valence electrons. The molecule has 4 nitrogen and oxygen atoms in total. The lowest BCUT2D eigenvalue weighted by Crippen LogP contribution is -2.58. The number of carbonyl (C=O) groups excluding carboxylic acids is 2. The molecule has 4 aliphatic carbocycles. The van der Waals surface area contributed by atoms with E-state index < -0.39 is 5.60 Å². The van der Waals surface area contributed by atoms with Crippen molar-refractivity contribution in [1.82, 2.24) is 0 Å². The summed E-state index contributed by atoms with van der Waals surface area (Å²) < 4.78 is 12.0. The van der Waals surface area contributed by atoms with E-state index in [9.17, 15) is 9.59 Å². The number of esters is 1. The lowest BCUT2D eigenvalue weighted by molar-refractivity contribution is -0.185. The van der Waals surface area contributed by atoms with Gasteiger partial charge in [0.1, 0.15) is 0 Å². The zero-order valence-corrected chi connectivity index (χ0v) is 20.4. The number of ether oxygens (including phenoxy) is 2. The van der Waals surface area contributed by atoms with E-state index in [4.69, 9.17) is 9.47 Å². The molecule has 0 amide bonds. The number of carbonyl (C=O) groups is 2. The Morgan fingerprint density at radius 2 is 1.68 bits per heavy atom. The minimum Gasteiger partial charge on any atom is -0.451 e. The molecule has 0 aromatic rings. The first-order valence-electron chi connectivity index (χ1n) is 12.2. The van der Waals surface area contributed by atoms with Crippen LogP contribution < -0.4 is 0 Å². The van der Waals surface area contributed by atoms with Crippen molar-refractivity contribution in [1.29, 1.82) is 0 Å². The third-order valence-electron chi connectivity index (χ3n) is 9.39. The topological polar surface area (TPSA) is 52.6 Å². The molecule has 4 aliphatic rings. The molecular formula is C27H40O4. The molecule has 0 saturated heterocycles. The number of fused-ring (bicyclic) bond motifs is 5. The molecule has 0 spiro atoms. The normalized spacial score (nSPS) is 44.0. The summed E-state index contributed by atoms with van der Waals surface area (Å²) >= 11 is 0. The van der Waals surface area contributed by atoms with Gasteiger partial charge >= 0.3 is 5.97 Å². The average Bonchev–Trinajstić information content (AvgIpc) is 2.96. The Morgan fingerprint density at radius 1 is 1.00 bits per heavy atom. The first-order valence-corrected chi connectivity index (χ1v) is 12.2. The van der Waals surface area contributed by atoms with Crippen LogP contribution in [0.1, 0.15) is 87.0 Å². The lowest BCUT2D eigenvalue weighted by atomic mass is 9.47. The molecule has 0 unspecified atom stereocenters. The van der Waals surface area contributed by atoms with Gasteiger partial charge in [-0.05, 0) is 95.0 Å². The summed E-state index contributed by atoms with van der Waals surface area (Å²) in [6, 6.07) is 0. The summed E-state index contributed by atoms with van der Waals surface area (Å²) in [5, 5.41) is 0. The van der Waals surface area contributed by atoms with Crippen molar-refractivity contribution in [2.24, 2.45) is 28.6 Å². The van der Waals surface area contributed by atoms with E-state index >= 15 is 0 Å². The predicted octanol–water partition coefficient (Wildman–Crippen LogP) is 5.80. The second kappa shape index (κ2) is 7.57. The number of ketones is 1. The summed E-state index contributed by atoms with van der Waals surface area (Å²) in [4.78, 5) is 24.9. The molecule has 4 rings (SSSR count). The fraction of sp³-hybridized carbons (Fsp3) is 0.778. The lowest BCUT2D eigenvalue weighted by Gasteiger charge is -2.58. The van der Waals surface area contributed by atoms with Crippen LogP contribution in [0.2, 0.25) is 0 Å². The molecule has 0 radical (unpaired) electrons. The average molecular weight is 429 g/mol. The molecule has 4 heteroatoms. The first kappa shape index (κ1) is 22.8. The van der Waals surface area contributed by atoms with E-state index in [2.05, 4.69) is 46.8 Å². The second-order valence-corrected chi connectivity index (χ2v) is 11.4. The van der Waals surface area contributed by atoms with Crippen LogP contribution >= 0.6 is 0 Å². The molecule has 0 aliphatic heterocycles. The fourth-order valence-corrected chi connectivity index (χ4v) is 8.07. The van der Waals surface area contributed by atoms with Crippen LogP contribution in [0.4, 0.5) is 0 Å². The fourth-order valence-electron chi connectivity index (χ4n) is 8.07. The van der Waals surface area contributed by atoms with Crippen molar-refractivity contribution >= 4 is 11.8 Å². The van der Waals surface area contributed by atoms with Crippen molar-refractivity contribution in [2.45, 2.75) is 105 Å². The number of Topliss-reactive ketones (excluding diaryl/α,β-unsaturated/α-hetero) is 1. The quantitative estimate of drug-likeness (QED) is 0.531. The predicted molar refractivity (Wildman–Crippen MR) is 121 cm³/mol. The molecule has 0 aromatic carbocycles. The van der Waals surface area contributed by atoms with Gasteiger partial charge in [-0.1, -0.05) is 31.6 Å². The van der Waals surface area contributed by atoms with Crippen molar-refractivity contribution < 1.29 is 19.1 Å². The first-order chi connectivity index (χ1) is 14.4. The Hall–Kier alpha value is -1.42. The van der Waals surface area contributed by atoms with E-state index in [1.165, 1.54) is 18.1 Å². The molecule has 0 aromatic heterocycles. The van der Waals surface area contributed by atoms with Crippen LogP contribution in [0.5, 0.6) is 0 Å². The van der Waals surface area contributed by atoms with Crippen LogP contribution in [-0.2, 0) is 19.1 Å². The summed E-state index contributed by atoms with van der Waals surface area (Å²) in [7, 11) is 0. The molecule has 31 heavy (non-hydrogen) atoms. The zero-order valence-electron chi connectivity index (χ0n) is 20.4. The van der Waals surface area contributed by atoms with E-state index in [-0.39, 0.29) is 34.8 Å². The Kier molecular flexibility index (Phi) is 5.56. The van der Waals surface area contributed by atoms with Crippen molar-refractivity contribution in [2.75, 3.05) is 0 Å². The molecule has 0 bridgehead atoms. The minimum atomic E-state index is -0.962. The minimum absolute atomic E-state index is 0.0146. The summed E-state index contributed by atoms with van der Waals surface area (Å²) in [5.74, 6) is 1.05. The maximum absolute atomic E-state index is 12.9. The molecule has 0 heterocycles. The Bertz CT molecular complexity index is 838. The van der Waals surface area contributed by atoms with Crippen molar-refractivity contribution in [3.05, 3.63) is 23.3 Å². The third-order valence-corrected chi connectivity index (χ3v) is 9.39. The van der Waals surface area contributed by atoms with Crippen LogP contribution in [0.3, 0.4) is 0 Å². The van der Waals surface area contributed by atoms with Crippen LogP contribution in [0.15, 0.2) is 23.3 Å². The van der Waals surface area contributed by atoms with Gasteiger partial charge in [-0.15, -0.1) is 0 Å². The van der Waals surface area contributed by atoms with Gasteiger partial charge in [-0.2, -0.15) is 0 Å². The monoisotopic (exact) mass is 428 g/mol. The smallest absolute Gasteiger partial charge is 0.303 e. The van der Waals surface area contributed by atoms with Gasteiger partial charge < -0.3 is 9.47 Å². The van der Waals surface area contributed by atoms with Crippen molar-refractivity contribution in [3.8, 4) is 0 Å². The SMILES string of the molecule is CC(=O)O[C@]1(C(C)=O)CC[C@@H]2[C@@H]3C=C(C)C4=C[C@H](OC(C)C)CC[C@]4(C)[C@H]3CC[C@@]21C. The van der Waals surface area contributed by atoms with Gasteiger partial charge in [0.15, 0.2) is 11.4 Å². The summed E-state index contributed by atoms with van der Waals surface area (Å²) in [6.45, 7) is 14.2. The van der Waals surface area contributed by atoms with Crippen LogP contribution in [0, 0.1) is 28.6 Å². The number of rotatable bonds is 4. The molecular weight excluding hydrogens is 388 g/mol. The van der Waals surface area contributed by atoms with Gasteiger partial charge in [0, 0.05) is 12.3 Å². The molecule has 0 N–H and O–H groups in total. The number of hydrogen-bond acceptors (Lipinski definition) is 4. The van der Waals surface area contributed by atoms with Gasteiger partial charge in [0.05, 0.1) is 12.2 Å².